The summed E-state index contributed by atoms with van der Waals surface area (Å²) in [5, 5.41) is 0.492. The fourth-order valence-electron chi connectivity index (χ4n) is 3.11. The third-order valence-corrected chi connectivity index (χ3v) is 4.40. The molecule has 6 nitrogen and oxygen atoms in total. The van der Waals surface area contributed by atoms with Gasteiger partial charge in [-0.05, 0) is 49.2 Å². The van der Waals surface area contributed by atoms with E-state index in [-0.39, 0.29) is 16.2 Å². The van der Waals surface area contributed by atoms with E-state index in [9.17, 15) is 9.59 Å². The molecule has 1 aliphatic rings. The SMILES string of the molecule is COC[C@@H]1CCCN(C(=O)c2ccc3c(=O)[nH]c(=S)[nH]c3c2)C1. The summed E-state index contributed by atoms with van der Waals surface area (Å²) in [6.45, 7) is 2.13. The molecular weight excluding hydrogens is 314 g/mol. The van der Waals surface area contributed by atoms with Gasteiger partial charge < -0.3 is 14.6 Å². The lowest BCUT2D eigenvalue weighted by Crippen LogP contribution is -2.41. The number of fused-ring (bicyclic) bond motifs is 1. The van der Waals surface area contributed by atoms with Gasteiger partial charge in [0, 0.05) is 25.8 Å². The molecule has 1 amide bonds. The molecule has 3 rings (SSSR count). The smallest absolute Gasteiger partial charge is 0.259 e. The van der Waals surface area contributed by atoms with Gasteiger partial charge in [0.05, 0.1) is 17.5 Å². The molecule has 1 aromatic carbocycles. The number of H-pyrrole nitrogens is 2. The van der Waals surface area contributed by atoms with Gasteiger partial charge in [0.1, 0.15) is 0 Å². The molecule has 0 saturated carbocycles. The summed E-state index contributed by atoms with van der Waals surface area (Å²) in [6.07, 6.45) is 2.06. The van der Waals surface area contributed by atoms with Gasteiger partial charge >= 0.3 is 0 Å². The first-order valence-electron chi connectivity index (χ1n) is 7.63. The van der Waals surface area contributed by atoms with Gasteiger partial charge in [-0.2, -0.15) is 0 Å². The highest BCUT2D eigenvalue weighted by molar-refractivity contribution is 7.71. The van der Waals surface area contributed by atoms with Crippen molar-refractivity contribution in [2.45, 2.75) is 12.8 Å². The first kappa shape index (κ1) is 15.9. The van der Waals surface area contributed by atoms with Crippen molar-refractivity contribution in [1.82, 2.24) is 14.9 Å². The second kappa shape index (κ2) is 6.64. The summed E-state index contributed by atoms with van der Waals surface area (Å²) < 4.78 is 5.46. The number of likely N-dealkylation sites (tertiary alicyclic amines) is 1. The van der Waals surface area contributed by atoms with Crippen molar-refractivity contribution in [2.24, 2.45) is 5.92 Å². The number of aromatic nitrogens is 2. The largest absolute Gasteiger partial charge is 0.384 e. The van der Waals surface area contributed by atoms with Crippen LogP contribution in [0, 0.1) is 10.7 Å². The number of benzene rings is 1. The molecule has 2 heterocycles. The zero-order chi connectivity index (χ0) is 16.4. The van der Waals surface area contributed by atoms with E-state index < -0.39 is 0 Å². The third-order valence-electron chi connectivity index (χ3n) is 4.19. The van der Waals surface area contributed by atoms with Gasteiger partial charge in [0.25, 0.3) is 11.5 Å². The first-order valence-corrected chi connectivity index (χ1v) is 8.04. The lowest BCUT2D eigenvalue weighted by molar-refractivity contribution is 0.0571. The van der Waals surface area contributed by atoms with E-state index >= 15 is 0 Å². The lowest BCUT2D eigenvalue weighted by atomic mass is 9.98. The van der Waals surface area contributed by atoms with Crippen molar-refractivity contribution in [3.63, 3.8) is 0 Å². The maximum absolute atomic E-state index is 12.7. The average molecular weight is 333 g/mol. The van der Waals surface area contributed by atoms with Crippen LogP contribution in [0.4, 0.5) is 0 Å². The number of piperidine rings is 1. The van der Waals surface area contributed by atoms with Gasteiger partial charge in [-0.15, -0.1) is 0 Å². The molecule has 122 valence electrons. The van der Waals surface area contributed by atoms with Crippen LogP contribution in [-0.4, -0.2) is 47.6 Å². The van der Waals surface area contributed by atoms with Crippen LogP contribution in [0.1, 0.15) is 23.2 Å². The Morgan fingerprint density at radius 3 is 3.04 bits per heavy atom. The Bertz CT molecular complexity index is 840. The molecule has 23 heavy (non-hydrogen) atoms. The van der Waals surface area contributed by atoms with Crippen LogP contribution < -0.4 is 5.56 Å². The van der Waals surface area contributed by atoms with Gasteiger partial charge in [0.2, 0.25) is 0 Å². The monoisotopic (exact) mass is 333 g/mol. The molecule has 0 unspecified atom stereocenters. The molecule has 1 aromatic heterocycles. The van der Waals surface area contributed by atoms with Crippen LogP contribution in [0.5, 0.6) is 0 Å². The van der Waals surface area contributed by atoms with Crippen molar-refractivity contribution >= 4 is 29.0 Å². The molecule has 2 aromatic rings. The van der Waals surface area contributed by atoms with Crippen LogP contribution in [0.3, 0.4) is 0 Å². The Morgan fingerprint density at radius 1 is 1.43 bits per heavy atom. The Hall–Kier alpha value is -1.99. The maximum atomic E-state index is 12.7. The van der Waals surface area contributed by atoms with E-state index in [0.29, 0.717) is 35.5 Å². The molecule has 1 aliphatic heterocycles. The molecule has 0 radical (unpaired) electrons. The minimum atomic E-state index is -0.249. The van der Waals surface area contributed by atoms with Crippen molar-refractivity contribution in [3.05, 3.63) is 38.9 Å². The maximum Gasteiger partial charge on any atom is 0.259 e. The topological polar surface area (TPSA) is 78.2 Å². The van der Waals surface area contributed by atoms with Crippen LogP contribution in [0.15, 0.2) is 23.0 Å². The van der Waals surface area contributed by atoms with Crippen molar-refractivity contribution < 1.29 is 9.53 Å². The van der Waals surface area contributed by atoms with Gasteiger partial charge in [-0.25, -0.2) is 0 Å². The Balaban J connectivity index is 1.89. The van der Waals surface area contributed by atoms with Crippen molar-refractivity contribution in [2.75, 3.05) is 26.8 Å². The zero-order valence-electron chi connectivity index (χ0n) is 12.9. The fourth-order valence-corrected chi connectivity index (χ4v) is 3.31. The van der Waals surface area contributed by atoms with E-state index in [4.69, 9.17) is 17.0 Å². The quantitative estimate of drug-likeness (QED) is 0.843. The highest BCUT2D eigenvalue weighted by atomic mass is 32.1. The molecule has 1 atom stereocenters. The van der Waals surface area contributed by atoms with Crippen LogP contribution in [0.2, 0.25) is 0 Å². The normalized spacial score (nSPS) is 18.3. The highest BCUT2D eigenvalue weighted by Gasteiger charge is 2.24. The molecular formula is C16H19N3O3S. The number of nitrogens with one attached hydrogen (secondary N) is 2. The van der Waals surface area contributed by atoms with Gasteiger partial charge in [-0.1, -0.05) is 0 Å². The Morgan fingerprint density at radius 2 is 2.26 bits per heavy atom. The van der Waals surface area contributed by atoms with Crippen LogP contribution in [0.25, 0.3) is 10.9 Å². The second-order valence-corrected chi connectivity index (χ2v) is 6.29. The number of ether oxygens (including phenoxy) is 1. The molecule has 1 saturated heterocycles. The van der Waals surface area contributed by atoms with Gasteiger partial charge in [-0.3, -0.25) is 14.6 Å². The molecule has 0 aliphatic carbocycles. The third kappa shape index (κ3) is 3.35. The van der Waals surface area contributed by atoms with E-state index in [1.807, 2.05) is 4.90 Å². The molecule has 2 N–H and O–H groups in total. The summed E-state index contributed by atoms with van der Waals surface area (Å²) in [7, 11) is 1.68. The van der Waals surface area contributed by atoms with E-state index in [0.717, 1.165) is 19.4 Å². The summed E-state index contributed by atoms with van der Waals surface area (Å²) in [4.78, 5) is 31.9. The summed E-state index contributed by atoms with van der Waals surface area (Å²) in [5.74, 6) is 0.360. The van der Waals surface area contributed by atoms with Crippen LogP contribution >= 0.6 is 12.2 Å². The lowest BCUT2D eigenvalue weighted by Gasteiger charge is -2.32. The van der Waals surface area contributed by atoms with E-state index in [1.54, 1.807) is 25.3 Å². The van der Waals surface area contributed by atoms with Gasteiger partial charge in [0.15, 0.2) is 4.77 Å². The number of carbonyl (C=O) groups is 1. The summed E-state index contributed by atoms with van der Waals surface area (Å²) in [5.41, 5.74) is 0.891. The second-order valence-electron chi connectivity index (χ2n) is 5.88. The molecule has 0 bridgehead atoms. The van der Waals surface area contributed by atoms with Crippen molar-refractivity contribution in [1.29, 1.82) is 0 Å². The number of amides is 1. The zero-order valence-corrected chi connectivity index (χ0v) is 13.7. The summed E-state index contributed by atoms with van der Waals surface area (Å²) >= 11 is 4.99. The Labute approximate surface area is 138 Å². The highest BCUT2D eigenvalue weighted by Crippen LogP contribution is 2.20. The van der Waals surface area contributed by atoms with E-state index in [1.165, 1.54) is 0 Å². The Kier molecular flexibility index (Phi) is 4.58. The number of aromatic amines is 2. The fraction of sp³-hybridized carbons (Fsp3) is 0.438. The number of methoxy groups -OCH3 is 1. The average Bonchev–Trinajstić information content (AvgIpc) is 2.54. The number of hydrogen-bond acceptors (Lipinski definition) is 4. The number of rotatable bonds is 3. The molecule has 1 fully saturated rings. The first-order chi connectivity index (χ1) is 11.1. The predicted octanol–water partition coefficient (Wildman–Crippen LogP) is 2.08. The molecule has 0 spiro atoms. The van der Waals surface area contributed by atoms with Crippen molar-refractivity contribution in [3.8, 4) is 0 Å². The molecule has 7 heteroatoms. The number of carbonyl (C=O) groups excluding carboxylic acids is 1. The predicted molar refractivity (Wildman–Crippen MR) is 90.3 cm³/mol. The minimum Gasteiger partial charge on any atom is -0.384 e. The van der Waals surface area contributed by atoms with Crippen LogP contribution in [-0.2, 0) is 4.74 Å². The number of nitrogens with zero attached hydrogens (tertiary/aromatic N) is 1. The number of hydrogen-bond donors (Lipinski definition) is 2. The van der Waals surface area contributed by atoms with E-state index in [2.05, 4.69) is 9.97 Å². The minimum absolute atomic E-state index is 0.0210. The standard InChI is InChI=1S/C16H19N3O3S/c1-22-9-10-3-2-6-19(8-10)15(21)11-4-5-12-13(7-11)17-16(23)18-14(12)20/h4-5,7,10H,2-3,6,8-9H2,1H3,(H2,17,18,20,23)/t10-/m1/s1. The summed E-state index contributed by atoms with van der Waals surface area (Å²) in [6, 6.07) is 5.04.